The molecule has 4 heteroatoms. The van der Waals surface area contributed by atoms with Crippen molar-refractivity contribution in [2.24, 2.45) is 0 Å². The molecule has 1 atom stereocenters. The average Bonchev–Trinajstić information content (AvgIpc) is 2.83. The molecule has 0 saturated carbocycles. The van der Waals surface area contributed by atoms with Gasteiger partial charge in [0.1, 0.15) is 11.0 Å². The van der Waals surface area contributed by atoms with Gasteiger partial charge >= 0.3 is 0 Å². The summed E-state index contributed by atoms with van der Waals surface area (Å²) in [5.41, 5.74) is 1.14. The van der Waals surface area contributed by atoms with Gasteiger partial charge in [0.05, 0.1) is 5.69 Å². The molecular weight excluding hydrogens is 222 g/mol. The molecule has 0 radical (unpaired) electrons. The van der Waals surface area contributed by atoms with Crippen LogP contribution in [0, 0.1) is 0 Å². The fraction of sp³-hybridized carbons (Fsp3) is 0.750. The van der Waals surface area contributed by atoms with E-state index in [1.165, 1.54) is 31.5 Å². The molecule has 3 nitrogen and oxygen atoms in total. The minimum absolute atomic E-state index is 0.534. The van der Waals surface area contributed by atoms with E-state index in [-0.39, 0.29) is 0 Å². The van der Waals surface area contributed by atoms with E-state index >= 15 is 0 Å². The molecule has 88 valence electrons. The van der Waals surface area contributed by atoms with Gasteiger partial charge in [-0.05, 0) is 25.8 Å². The zero-order chi connectivity index (χ0) is 11.0. The first-order chi connectivity index (χ1) is 7.86. The standard InChI is InChI=1S/C12H18ClN3/c13-12-11(9-5-6-14-8-9)15-10-4-2-1-3-7-16(10)12/h9,14H,1-8H2. The molecule has 0 spiro atoms. The second-order valence-corrected chi connectivity index (χ2v) is 5.21. The minimum Gasteiger partial charge on any atom is -0.319 e. The number of halogens is 1. The third-order valence-corrected chi connectivity index (χ3v) is 4.14. The van der Waals surface area contributed by atoms with Gasteiger partial charge in [0.2, 0.25) is 0 Å². The molecule has 16 heavy (non-hydrogen) atoms. The van der Waals surface area contributed by atoms with Crippen LogP contribution in [0.2, 0.25) is 5.15 Å². The number of imidazole rings is 1. The molecule has 0 bridgehead atoms. The second-order valence-electron chi connectivity index (χ2n) is 4.86. The minimum atomic E-state index is 0.534. The maximum absolute atomic E-state index is 6.47. The third kappa shape index (κ3) is 1.76. The molecule has 2 aliphatic heterocycles. The van der Waals surface area contributed by atoms with E-state index in [2.05, 4.69) is 9.88 Å². The second kappa shape index (κ2) is 4.38. The van der Waals surface area contributed by atoms with E-state index in [9.17, 15) is 0 Å². The highest BCUT2D eigenvalue weighted by molar-refractivity contribution is 6.30. The first-order valence-corrected chi connectivity index (χ1v) is 6.69. The molecule has 1 aromatic rings. The predicted octanol–water partition coefficient (Wildman–Crippen LogP) is 2.34. The first-order valence-electron chi connectivity index (χ1n) is 6.32. The molecule has 0 aromatic carbocycles. The van der Waals surface area contributed by atoms with Crippen molar-refractivity contribution in [3.05, 3.63) is 16.7 Å². The van der Waals surface area contributed by atoms with E-state index in [1.54, 1.807) is 0 Å². The predicted molar refractivity (Wildman–Crippen MR) is 65.0 cm³/mol. The monoisotopic (exact) mass is 239 g/mol. The zero-order valence-electron chi connectivity index (χ0n) is 9.51. The molecule has 1 unspecified atom stereocenters. The summed E-state index contributed by atoms with van der Waals surface area (Å²) in [4.78, 5) is 4.78. The summed E-state index contributed by atoms with van der Waals surface area (Å²) in [6.45, 7) is 3.20. The van der Waals surface area contributed by atoms with Crippen LogP contribution in [-0.4, -0.2) is 22.6 Å². The van der Waals surface area contributed by atoms with Crippen LogP contribution in [0.15, 0.2) is 0 Å². The van der Waals surface area contributed by atoms with Gasteiger partial charge in [0, 0.05) is 25.4 Å². The Hall–Kier alpha value is -0.540. The lowest BCUT2D eigenvalue weighted by Gasteiger charge is -2.06. The summed E-state index contributed by atoms with van der Waals surface area (Å²) < 4.78 is 2.24. The highest BCUT2D eigenvalue weighted by Gasteiger charge is 2.25. The SMILES string of the molecule is Clc1c(C2CCNC2)nc2n1CCCCC2. The number of hydrogen-bond donors (Lipinski definition) is 1. The van der Waals surface area contributed by atoms with E-state index in [4.69, 9.17) is 16.6 Å². The lowest BCUT2D eigenvalue weighted by molar-refractivity contribution is 0.632. The number of nitrogens with zero attached hydrogens (tertiary/aromatic N) is 2. The number of rotatable bonds is 1. The highest BCUT2D eigenvalue weighted by atomic mass is 35.5. The molecule has 0 aliphatic carbocycles. The normalized spacial score (nSPS) is 25.4. The van der Waals surface area contributed by atoms with Gasteiger partial charge in [-0.3, -0.25) is 0 Å². The number of aromatic nitrogens is 2. The largest absolute Gasteiger partial charge is 0.319 e. The number of hydrogen-bond acceptors (Lipinski definition) is 2. The van der Waals surface area contributed by atoms with Gasteiger partial charge in [-0.1, -0.05) is 18.0 Å². The fourth-order valence-corrected chi connectivity index (χ4v) is 3.17. The first kappa shape index (κ1) is 10.6. The van der Waals surface area contributed by atoms with Crippen LogP contribution in [-0.2, 0) is 13.0 Å². The van der Waals surface area contributed by atoms with Gasteiger partial charge in [-0.2, -0.15) is 0 Å². The van der Waals surface area contributed by atoms with E-state index in [0.717, 1.165) is 36.9 Å². The van der Waals surface area contributed by atoms with Crippen molar-refractivity contribution < 1.29 is 0 Å². The van der Waals surface area contributed by atoms with Crippen molar-refractivity contribution in [2.75, 3.05) is 13.1 Å². The average molecular weight is 240 g/mol. The lowest BCUT2D eigenvalue weighted by atomic mass is 10.1. The Kier molecular flexibility index (Phi) is 2.90. The van der Waals surface area contributed by atoms with Gasteiger partial charge < -0.3 is 9.88 Å². The Morgan fingerprint density at radius 2 is 2.25 bits per heavy atom. The van der Waals surface area contributed by atoms with Gasteiger partial charge in [-0.15, -0.1) is 0 Å². The summed E-state index contributed by atoms with van der Waals surface area (Å²) in [6, 6.07) is 0. The number of nitrogens with one attached hydrogen (secondary N) is 1. The molecule has 3 heterocycles. The molecule has 1 fully saturated rings. The number of aryl methyl sites for hydroxylation is 1. The summed E-state index contributed by atoms with van der Waals surface area (Å²) in [5, 5.41) is 4.29. The Morgan fingerprint density at radius 3 is 3.06 bits per heavy atom. The topological polar surface area (TPSA) is 29.9 Å². The van der Waals surface area contributed by atoms with E-state index < -0.39 is 0 Å². The van der Waals surface area contributed by atoms with Crippen molar-refractivity contribution in [2.45, 2.75) is 44.6 Å². The maximum atomic E-state index is 6.47. The Bertz CT molecular complexity index is 380. The van der Waals surface area contributed by atoms with E-state index in [1.807, 2.05) is 0 Å². The van der Waals surface area contributed by atoms with Crippen molar-refractivity contribution in [3.8, 4) is 0 Å². The Labute approximate surface area is 101 Å². The summed E-state index contributed by atoms with van der Waals surface area (Å²) in [7, 11) is 0. The maximum Gasteiger partial charge on any atom is 0.132 e. The Morgan fingerprint density at radius 1 is 1.31 bits per heavy atom. The molecule has 1 saturated heterocycles. The van der Waals surface area contributed by atoms with Crippen LogP contribution in [0.3, 0.4) is 0 Å². The van der Waals surface area contributed by atoms with Crippen molar-refractivity contribution in [3.63, 3.8) is 0 Å². The summed E-state index contributed by atoms with van der Waals surface area (Å²) in [5.74, 6) is 1.75. The Balaban J connectivity index is 1.94. The van der Waals surface area contributed by atoms with Gasteiger partial charge in [-0.25, -0.2) is 4.98 Å². The third-order valence-electron chi connectivity index (χ3n) is 3.74. The quantitative estimate of drug-likeness (QED) is 0.815. The summed E-state index contributed by atoms with van der Waals surface area (Å²) >= 11 is 6.47. The van der Waals surface area contributed by atoms with E-state index in [0.29, 0.717) is 5.92 Å². The van der Waals surface area contributed by atoms with Crippen LogP contribution < -0.4 is 5.32 Å². The molecule has 1 N–H and O–H groups in total. The van der Waals surface area contributed by atoms with Gasteiger partial charge in [0.25, 0.3) is 0 Å². The smallest absolute Gasteiger partial charge is 0.132 e. The van der Waals surface area contributed by atoms with Crippen LogP contribution in [0.5, 0.6) is 0 Å². The molecular formula is C12H18ClN3. The molecule has 0 amide bonds. The molecule has 2 aliphatic rings. The van der Waals surface area contributed by atoms with Crippen molar-refractivity contribution in [1.29, 1.82) is 0 Å². The highest BCUT2D eigenvalue weighted by Crippen LogP contribution is 2.31. The van der Waals surface area contributed by atoms with Crippen LogP contribution in [0.1, 0.15) is 43.1 Å². The van der Waals surface area contributed by atoms with Crippen LogP contribution >= 0.6 is 11.6 Å². The number of fused-ring (bicyclic) bond motifs is 1. The zero-order valence-corrected chi connectivity index (χ0v) is 10.3. The van der Waals surface area contributed by atoms with Crippen LogP contribution in [0.25, 0.3) is 0 Å². The van der Waals surface area contributed by atoms with Gasteiger partial charge in [0.15, 0.2) is 0 Å². The lowest BCUT2D eigenvalue weighted by Crippen LogP contribution is -2.08. The molecule has 3 rings (SSSR count). The van der Waals surface area contributed by atoms with Crippen LogP contribution in [0.4, 0.5) is 0 Å². The molecule has 1 aromatic heterocycles. The summed E-state index contributed by atoms with van der Waals surface area (Å²) in [6.07, 6.45) is 6.08. The van der Waals surface area contributed by atoms with Crippen molar-refractivity contribution >= 4 is 11.6 Å². The fourth-order valence-electron chi connectivity index (χ4n) is 2.79. The van der Waals surface area contributed by atoms with Crippen molar-refractivity contribution in [1.82, 2.24) is 14.9 Å².